The average Bonchev–Trinajstić information content (AvgIpc) is 3.47. The smallest absolute Gasteiger partial charge is 0.254 e. The van der Waals surface area contributed by atoms with Crippen molar-refractivity contribution in [1.82, 2.24) is 15.0 Å². The van der Waals surface area contributed by atoms with Gasteiger partial charge in [0.05, 0.1) is 5.71 Å². The van der Waals surface area contributed by atoms with Gasteiger partial charge in [0.25, 0.3) is 5.95 Å². The number of benzene rings is 2. The summed E-state index contributed by atoms with van der Waals surface area (Å²) in [5.41, 5.74) is 13.4. The van der Waals surface area contributed by atoms with Crippen LogP contribution in [0.5, 0.6) is 0 Å². The van der Waals surface area contributed by atoms with Crippen LogP contribution < -0.4 is 10.6 Å². The van der Waals surface area contributed by atoms with Crippen LogP contribution in [0, 0.1) is 6.92 Å². The van der Waals surface area contributed by atoms with E-state index in [-0.39, 0.29) is 5.95 Å². The number of rotatable bonds is 5. The van der Waals surface area contributed by atoms with Crippen molar-refractivity contribution in [2.45, 2.75) is 6.92 Å². The summed E-state index contributed by atoms with van der Waals surface area (Å²) in [6, 6.07) is 16.7. The van der Waals surface area contributed by atoms with Gasteiger partial charge < -0.3 is 10.6 Å². The molecule has 0 saturated carbocycles. The first-order valence-electron chi connectivity index (χ1n) is 9.31. The van der Waals surface area contributed by atoms with Gasteiger partial charge in [-0.3, -0.25) is 0 Å². The Bertz CT molecular complexity index is 1120. The summed E-state index contributed by atoms with van der Waals surface area (Å²) < 4.78 is 0. The zero-order chi connectivity index (χ0) is 20.4. The summed E-state index contributed by atoms with van der Waals surface area (Å²) in [5.74, 6) is 0.448. The third-order valence-electron chi connectivity index (χ3n) is 4.66. The number of nitrogens with zero attached hydrogens (tertiary/aromatic N) is 5. The van der Waals surface area contributed by atoms with Crippen LogP contribution in [0.2, 0.25) is 0 Å². The minimum absolute atomic E-state index is 0.154. The third-order valence-corrected chi connectivity index (χ3v) is 4.66. The predicted molar refractivity (Wildman–Crippen MR) is 118 cm³/mol. The van der Waals surface area contributed by atoms with Gasteiger partial charge in [0.15, 0.2) is 0 Å². The number of nitrogen functional groups attached to an aromatic ring is 1. The van der Waals surface area contributed by atoms with E-state index in [4.69, 9.17) is 5.73 Å². The van der Waals surface area contributed by atoms with E-state index in [1.807, 2.05) is 26.2 Å². The number of hydrogen-bond donors (Lipinski definition) is 1. The molecule has 6 nitrogen and oxygen atoms in total. The Morgan fingerprint density at radius 2 is 1.72 bits per heavy atom. The SMILES string of the molecule is Cc1ccc(C(/C=C2C=C\2c2ccc(N(C)C)cc2)=N/c2ncnc(N)n2)cc1. The molecule has 0 amide bonds. The number of aromatic nitrogens is 3. The molecule has 0 radical (unpaired) electrons. The van der Waals surface area contributed by atoms with E-state index in [0.717, 1.165) is 16.8 Å². The molecular formula is C23H22N6. The topological polar surface area (TPSA) is 80.3 Å². The second kappa shape index (κ2) is 7.67. The molecule has 0 aliphatic heterocycles. The molecule has 2 N–H and O–H groups in total. The largest absolute Gasteiger partial charge is 0.378 e. The molecule has 4 rings (SSSR count). The van der Waals surface area contributed by atoms with E-state index in [1.54, 1.807) is 0 Å². The second-order valence-corrected chi connectivity index (χ2v) is 7.11. The highest BCUT2D eigenvalue weighted by atomic mass is 15.1. The molecule has 0 spiro atoms. The first kappa shape index (κ1) is 18.6. The fourth-order valence-corrected chi connectivity index (χ4v) is 2.94. The molecule has 29 heavy (non-hydrogen) atoms. The minimum atomic E-state index is 0.154. The Kier molecular flexibility index (Phi) is 4.91. The Morgan fingerprint density at radius 1 is 1.00 bits per heavy atom. The number of anilines is 2. The highest BCUT2D eigenvalue weighted by Gasteiger charge is 2.19. The van der Waals surface area contributed by atoms with E-state index in [1.165, 1.54) is 28.7 Å². The van der Waals surface area contributed by atoms with Crippen molar-refractivity contribution in [2.24, 2.45) is 4.99 Å². The first-order valence-corrected chi connectivity index (χ1v) is 9.31. The lowest BCUT2D eigenvalue weighted by Gasteiger charge is -2.12. The van der Waals surface area contributed by atoms with Gasteiger partial charge in [-0.15, -0.1) is 0 Å². The summed E-state index contributed by atoms with van der Waals surface area (Å²) in [6.45, 7) is 2.06. The van der Waals surface area contributed by atoms with Crippen molar-refractivity contribution in [3.63, 3.8) is 0 Å². The van der Waals surface area contributed by atoms with Crippen molar-refractivity contribution < 1.29 is 0 Å². The average molecular weight is 382 g/mol. The van der Waals surface area contributed by atoms with E-state index < -0.39 is 0 Å². The summed E-state index contributed by atoms with van der Waals surface area (Å²) in [5, 5.41) is 0. The van der Waals surface area contributed by atoms with Crippen LogP contribution in [-0.4, -0.2) is 34.8 Å². The van der Waals surface area contributed by atoms with Crippen molar-refractivity contribution in [3.8, 4) is 0 Å². The van der Waals surface area contributed by atoms with Crippen molar-refractivity contribution >= 4 is 28.9 Å². The number of allylic oxidation sites excluding steroid dienone is 4. The zero-order valence-electron chi connectivity index (χ0n) is 16.7. The molecule has 1 aliphatic rings. The first-order chi connectivity index (χ1) is 14.0. The van der Waals surface area contributed by atoms with Crippen LogP contribution in [-0.2, 0) is 0 Å². The van der Waals surface area contributed by atoms with Crippen LogP contribution in [0.25, 0.3) is 5.57 Å². The Hall–Kier alpha value is -3.80. The van der Waals surface area contributed by atoms with Gasteiger partial charge in [0.2, 0.25) is 5.95 Å². The van der Waals surface area contributed by atoms with Crippen LogP contribution >= 0.6 is 0 Å². The lowest BCUT2D eigenvalue weighted by atomic mass is 10.1. The van der Waals surface area contributed by atoms with Gasteiger partial charge in [-0.05, 0) is 47.9 Å². The van der Waals surface area contributed by atoms with E-state index in [9.17, 15) is 0 Å². The molecule has 1 aromatic heterocycles. The van der Waals surface area contributed by atoms with Gasteiger partial charge in [-0.1, -0.05) is 42.0 Å². The van der Waals surface area contributed by atoms with Gasteiger partial charge in [-0.25, -0.2) is 9.98 Å². The van der Waals surface area contributed by atoms with E-state index >= 15 is 0 Å². The van der Waals surface area contributed by atoms with Crippen molar-refractivity contribution in [3.05, 3.63) is 89.3 Å². The molecule has 0 atom stereocenters. The fraction of sp³-hybridized carbons (Fsp3) is 0.130. The summed E-state index contributed by atoms with van der Waals surface area (Å²) in [6.07, 6.45) is 5.57. The molecule has 0 unspecified atom stereocenters. The lowest BCUT2D eigenvalue weighted by molar-refractivity contribution is 1.05. The molecule has 1 aliphatic carbocycles. The number of aliphatic imine (C=N–C) groups is 1. The maximum absolute atomic E-state index is 5.68. The van der Waals surface area contributed by atoms with Crippen LogP contribution in [0.3, 0.4) is 0 Å². The van der Waals surface area contributed by atoms with Gasteiger partial charge >= 0.3 is 0 Å². The zero-order valence-corrected chi connectivity index (χ0v) is 16.7. The molecular weight excluding hydrogens is 360 g/mol. The Labute approximate surface area is 170 Å². The van der Waals surface area contributed by atoms with E-state index in [0.29, 0.717) is 5.95 Å². The van der Waals surface area contributed by atoms with Crippen molar-refractivity contribution in [1.29, 1.82) is 0 Å². The van der Waals surface area contributed by atoms with Gasteiger partial charge in [-0.2, -0.15) is 9.97 Å². The molecule has 0 saturated heterocycles. The van der Waals surface area contributed by atoms with Crippen molar-refractivity contribution in [2.75, 3.05) is 24.7 Å². The number of nitrogens with two attached hydrogens (primary N) is 1. The normalized spacial score (nSPS) is 14.7. The predicted octanol–water partition coefficient (Wildman–Crippen LogP) is 3.97. The van der Waals surface area contributed by atoms with Gasteiger partial charge in [0, 0.05) is 25.3 Å². The molecule has 144 valence electrons. The Morgan fingerprint density at radius 3 is 2.38 bits per heavy atom. The van der Waals surface area contributed by atoms with Crippen LogP contribution in [0.1, 0.15) is 16.7 Å². The molecule has 6 heteroatoms. The van der Waals surface area contributed by atoms with E-state index in [2.05, 4.69) is 80.3 Å². The molecule has 1 heterocycles. The maximum atomic E-state index is 5.68. The lowest BCUT2D eigenvalue weighted by Crippen LogP contribution is -2.07. The highest BCUT2D eigenvalue weighted by Crippen LogP contribution is 2.38. The summed E-state index contributed by atoms with van der Waals surface area (Å²) in [7, 11) is 4.07. The third kappa shape index (κ3) is 4.38. The molecule has 0 fully saturated rings. The van der Waals surface area contributed by atoms with Crippen LogP contribution in [0.15, 0.2) is 77.6 Å². The summed E-state index contributed by atoms with van der Waals surface area (Å²) in [4.78, 5) is 18.8. The Balaban J connectivity index is 1.65. The molecule has 3 aromatic rings. The monoisotopic (exact) mass is 382 g/mol. The van der Waals surface area contributed by atoms with Gasteiger partial charge in [0.1, 0.15) is 6.33 Å². The molecule has 0 bridgehead atoms. The highest BCUT2D eigenvalue weighted by molar-refractivity contribution is 6.14. The van der Waals surface area contributed by atoms with Crippen LogP contribution in [0.4, 0.5) is 17.6 Å². The second-order valence-electron chi connectivity index (χ2n) is 7.11. The number of aryl methyl sites for hydroxylation is 1. The number of hydrogen-bond acceptors (Lipinski definition) is 6. The minimum Gasteiger partial charge on any atom is -0.378 e. The quantitative estimate of drug-likeness (QED) is 0.675. The fourth-order valence-electron chi connectivity index (χ4n) is 2.94. The molecule has 2 aromatic carbocycles. The standard InChI is InChI=1S/C23H22N6/c1-15-4-6-17(7-5-15)21(27-23-26-14-25-22(24)28-23)13-18-12-20(18)16-8-10-19(11-9-16)29(2)3/h4-14H,1-3H3,(H2,24,25,26,28)/b18-13+,27-21+. The maximum Gasteiger partial charge on any atom is 0.254 e. The summed E-state index contributed by atoms with van der Waals surface area (Å²) >= 11 is 0.